The Labute approximate surface area is 237 Å². The van der Waals surface area contributed by atoms with Gasteiger partial charge in [0.1, 0.15) is 12.2 Å². The predicted octanol–water partition coefficient (Wildman–Crippen LogP) is 7.88. The van der Waals surface area contributed by atoms with E-state index in [1.165, 1.54) is 0 Å². The SMILES string of the molecule is CC[C@]1(C)[C@H]2C=CC=CC2[C@@](CC)(c2ccccc2C)[C@H](OC(=O)c2ccccc2)[C@@H]1OC(=O)c1ccccc1. The molecular formula is C36H38O4. The van der Waals surface area contributed by atoms with Gasteiger partial charge in [-0.15, -0.1) is 0 Å². The van der Waals surface area contributed by atoms with Crippen LogP contribution in [-0.4, -0.2) is 24.1 Å². The standard InChI is InChI=1S/C36H38O4/c1-5-35(4)29-23-15-16-24-30(29)36(6-2,28-22-14-13-17-25(28)3)32(40-34(38)27-20-11-8-12-21-27)31(35)39-33(37)26-18-9-7-10-19-26/h7-24,29-32H,5-6H2,1-4H3/t29-,30?,31-,32+,35+,36+/m0/s1. The molecule has 3 aromatic rings. The summed E-state index contributed by atoms with van der Waals surface area (Å²) in [5, 5.41) is 0. The van der Waals surface area contributed by atoms with Crippen LogP contribution in [0.25, 0.3) is 0 Å². The zero-order valence-corrected chi connectivity index (χ0v) is 23.7. The van der Waals surface area contributed by atoms with Crippen LogP contribution < -0.4 is 0 Å². The topological polar surface area (TPSA) is 52.6 Å². The summed E-state index contributed by atoms with van der Waals surface area (Å²) in [7, 11) is 0. The highest BCUT2D eigenvalue weighted by molar-refractivity contribution is 5.90. The Hall–Kier alpha value is -3.92. The monoisotopic (exact) mass is 534 g/mol. The quantitative estimate of drug-likeness (QED) is 0.289. The molecule has 40 heavy (non-hydrogen) atoms. The maximum Gasteiger partial charge on any atom is 0.338 e. The Balaban J connectivity index is 1.73. The molecule has 0 spiro atoms. The van der Waals surface area contributed by atoms with Gasteiger partial charge in [-0.05, 0) is 67.0 Å². The van der Waals surface area contributed by atoms with Crippen LogP contribution >= 0.6 is 0 Å². The summed E-state index contributed by atoms with van der Waals surface area (Å²) in [6.07, 6.45) is 8.76. The molecule has 4 heteroatoms. The van der Waals surface area contributed by atoms with Crippen molar-refractivity contribution in [3.8, 4) is 0 Å². The molecule has 0 amide bonds. The second kappa shape index (κ2) is 11.3. The summed E-state index contributed by atoms with van der Waals surface area (Å²) in [5.74, 6) is -0.712. The summed E-state index contributed by atoms with van der Waals surface area (Å²) in [5.41, 5.74) is 2.09. The van der Waals surface area contributed by atoms with Gasteiger partial charge in [0.25, 0.3) is 0 Å². The van der Waals surface area contributed by atoms with Gasteiger partial charge in [-0.3, -0.25) is 0 Å². The van der Waals surface area contributed by atoms with Gasteiger partial charge in [0, 0.05) is 10.8 Å². The number of hydrogen-bond donors (Lipinski definition) is 0. The van der Waals surface area contributed by atoms with Crippen molar-refractivity contribution in [3.63, 3.8) is 0 Å². The second-order valence-corrected chi connectivity index (χ2v) is 11.3. The molecule has 0 radical (unpaired) electrons. The lowest BCUT2D eigenvalue weighted by molar-refractivity contribution is -0.170. The van der Waals surface area contributed by atoms with E-state index in [4.69, 9.17) is 9.47 Å². The van der Waals surface area contributed by atoms with Crippen LogP contribution in [0.3, 0.4) is 0 Å². The molecule has 0 aliphatic heterocycles. The number of rotatable bonds is 7. The highest BCUT2D eigenvalue weighted by Crippen LogP contribution is 2.60. The third kappa shape index (κ3) is 4.60. The smallest absolute Gasteiger partial charge is 0.338 e. The normalized spacial score (nSPS) is 28.9. The molecule has 4 nitrogen and oxygen atoms in total. The number of aryl methyl sites for hydroxylation is 1. The Morgan fingerprint density at radius 2 is 1.18 bits per heavy atom. The summed E-state index contributed by atoms with van der Waals surface area (Å²) in [6, 6.07) is 26.5. The van der Waals surface area contributed by atoms with Gasteiger partial charge in [-0.25, -0.2) is 9.59 Å². The lowest BCUT2D eigenvalue weighted by Gasteiger charge is -2.61. The number of allylic oxidation sites excluding steroid dienone is 4. The minimum Gasteiger partial charge on any atom is -0.454 e. The number of carbonyl (C=O) groups is 2. The zero-order chi connectivity index (χ0) is 28.3. The molecule has 1 unspecified atom stereocenters. The first kappa shape index (κ1) is 27.6. The van der Waals surface area contributed by atoms with Crippen molar-refractivity contribution < 1.29 is 19.1 Å². The average Bonchev–Trinajstić information content (AvgIpc) is 3.01. The first-order chi connectivity index (χ1) is 19.4. The summed E-state index contributed by atoms with van der Waals surface area (Å²) >= 11 is 0. The summed E-state index contributed by atoms with van der Waals surface area (Å²) in [6.45, 7) is 8.58. The van der Waals surface area contributed by atoms with Gasteiger partial charge in [-0.1, -0.05) is 106 Å². The van der Waals surface area contributed by atoms with Gasteiger partial charge in [0.05, 0.1) is 11.1 Å². The molecule has 0 heterocycles. The van der Waals surface area contributed by atoms with E-state index in [0.29, 0.717) is 17.5 Å². The fourth-order valence-corrected chi connectivity index (χ4v) is 7.10. The molecular weight excluding hydrogens is 496 g/mol. The van der Waals surface area contributed by atoms with Crippen molar-refractivity contribution in [1.82, 2.24) is 0 Å². The van der Waals surface area contributed by atoms with E-state index in [1.54, 1.807) is 24.3 Å². The van der Waals surface area contributed by atoms with Gasteiger partial charge in [0.2, 0.25) is 0 Å². The van der Waals surface area contributed by atoms with Crippen molar-refractivity contribution in [2.75, 3.05) is 0 Å². The number of carbonyl (C=O) groups excluding carboxylic acids is 2. The van der Waals surface area contributed by atoms with Crippen molar-refractivity contribution in [3.05, 3.63) is 131 Å². The molecule has 206 valence electrons. The van der Waals surface area contributed by atoms with Crippen molar-refractivity contribution >= 4 is 11.9 Å². The van der Waals surface area contributed by atoms with E-state index in [0.717, 1.165) is 17.5 Å². The van der Waals surface area contributed by atoms with Gasteiger partial charge in [0.15, 0.2) is 0 Å². The van der Waals surface area contributed by atoms with Crippen molar-refractivity contribution in [2.24, 2.45) is 17.3 Å². The number of ether oxygens (including phenoxy) is 2. The van der Waals surface area contributed by atoms with Gasteiger partial charge in [-0.2, -0.15) is 0 Å². The van der Waals surface area contributed by atoms with Gasteiger partial charge >= 0.3 is 11.9 Å². The molecule has 1 fully saturated rings. The molecule has 0 saturated heterocycles. The number of fused-ring (bicyclic) bond motifs is 1. The third-order valence-electron chi connectivity index (χ3n) is 9.40. The fourth-order valence-electron chi connectivity index (χ4n) is 7.10. The lowest BCUT2D eigenvalue weighted by Crippen LogP contribution is -2.67. The summed E-state index contributed by atoms with van der Waals surface area (Å²) in [4.78, 5) is 27.5. The van der Waals surface area contributed by atoms with Gasteiger partial charge < -0.3 is 9.47 Å². The highest BCUT2D eigenvalue weighted by Gasteiger charge is 2.65. The molecule has 5 rings (SSSR count). The van der Waals surface area contributed by atoms with E-state index < -0.39 is 35.0 Å². The maximum atomic E-state index is 13.8. The predicted molar refractivity (Wildman–Crippen MR) is 158 cm³/mol. The molecule has 0 bridgehead atoms. The lowest BCUT2D eigenvalue weighted by atomic mass is 9.46. The molecule has 2 aliphatic carbocycles. The fraction of sp³-hybridized carbons (Fsp3) is 0.333. The third-order valence-corrected chi connectivity index (χ3v) is 9.40. The van der Waals surface area contributed by atoms with Crippen LogP contribution in [0.4, 0.5) is 0 Å². The van der Waals surface area contributed by atoms with Crippen molar-refractivity contribution in [1.29, 1.82) is 0 Å². The Kier molecular flexibility index (Phi) is 7.80. The molecule has 3 aromatic carbocycles. The van der Waals surface area contributed by atoms with E-state index >= 15 is 0 Å². The largest absolute Gasteiger partial charge is 0.454 e. The minimum absolute atomic E-state index is 0.0359. The number of esters is 2. The van der Waals surface area contributed by atoms with E-state index in [9.17, 15) is 9.59 Å². The summed E-state index contributed by atoms with van der Waals surface area (Å²) < 4.78 is 13.1. The molecule has 0 aromatic heterocycles. The molecule has 0 N–H and O–H groups in total. The average molecular weight is 535 g/mol. The Bertz CT molecular complexity index is 1410. The first-order valence-corrected chi connectivity index (χ1v) is 14.3. The Morgan fingerprint density at radius 3 is 1.70 bits per heavy atom. The van der Waals surface area contributed by atoms with Crippen LogP contribution in [0.15, 0.2) is 109 Å². The van der Waals surface area contributed by atoms with E-state index in [-0.39, 0.29) is 11.8 Å². The molecule has 1 saturated carbocycles. The van der Waals surface area contributed by atoms with Crippen LogP contribution in [-0.2, 0) is 14.9 Å². The van der Waals surface area contributed by atoms with Crippen molar-refractivity contribution in [2.45, 2.75) is 58.2 Å². The van der Waals surface area contributed by atoms with E-state index in [1.807, 2.05) is 48.5 Å². The second-order valence-electron chi connectivity index (χ2n) is 11.3. The van der Waals surface area contributed by atoms with E-state index in [2.05, 4.69) is 64.1 Å². The first-order valence-electron chi connectivity index (χ1n) is 14.3. The number of hydrogen-bond acceptors (Lipinski definition) is 4. The van der Waals surface area contributed by atoms with Crippen LogP contribution in [0, 0.1) is 24.2 Å². The molecule has 2 aliphatic rings. The highest BCUT2D eigenvalue weighted by atomic mass is 16.6. The van der Waals surface area contributed by atoms with Crippen LogP contribution in [0.1, 0.15) is 65.5 Å². The minimum atomic E-state index is -0.721. The molecule has 6 atom stereocenters. The van der Waals surface area contributed by atoms with Crippen LogP contribution in [0.2, 0.25) is 0 Å². The zero-order valence-electron chi connectivity index (χ0n) is 23.7. The Morgan fingerprint density at radius 1 is 0.675 bits per heavy atom. The number of benzene rings is 3. The van der Waals surface area contributed by atoms with Crippen LogP contribution in [0.5, 0.6) is 0 Å². The maximum absolute atomic E-state index is 13.8.